The van der Waals surface area contributed by atoms with Crippen LogP contribution in [0.15, 0.2) is 39.8 Å². The Balaban J connectivity index is 1.68. The maximum absolute atomic E-state index is 12.2. The monoisotopic (exact) mass is 316 g/mol. The van der Waals surface area contributed by atoms with Crippen LogP contribution in [-0.2, 0) is 0 Å². The smallest absolute Gasteiger partial charge is 0.273 e. The lowest BCUT2D eigenvalue weighted by atomic mass is 9.95. The van der Waals surface area contributed by atoms with Gasteiger partial charge in [0.1, 0.15) is 6.26 Å². The molecule has 1 fully saturated rings. The number of carbonyl (C=O) groups is 1. The van der Waals surface area contributed by atoms with Crippen molar-refractivity contribution in [2.75, 3.05) is 6.26 Å². The van der Waals surface area contributed by atoms with E-state index in [-0.39, 0.29) is 11.9 Å². The summed E-state index contributed by atoms with van der Waals surface area (Å²) in [5.41, 5.74) is 1.24. The number of benzene rings is 1. The summed E-state index contributed by atoms with van der Waals surface area (Å²) in [6.45, 7) is 0. The van der Waals surface area contributed by atoms with E-state index < -0.39 is 0 Å². The molecule has 1 aromatic heterocycles. The third-order valence-electron chi connectivity index (χ3n) is 4.01. The van der Waals surface area contributed by atoms with Crippen molar-refractivity contribution in [3.63, 3.8) is 0 Å². The molecule has 1 heterocycles. The quantitative estimate of drug-likeness (QED) is 0.862. The maximum Gasteiger partial charge on any atom is 0.273 e. The molecule has 116 valence electrons. The first-order valence-electron chi connectivity index (χ1n) is 7.67. The molecule has 1 N–H and O–H groups in total. The van der Waals surface area contributed by atoms with Gasteiger partial charge in [-0.1, -0.05) is 19.3 Å². The van der Waals surface area contributed by atoms with Gasteiger partial charge in [-0.3, -0.25) is 4.79 Å². The second-order valence-electron chi connectivity index (χ2n) is 5.57. The molecular formula is C17H20N2O2S. The molecule has 0 spiro atoms. The van der Waals surface area contributed by atoms with Crippen molar-refractivity contribution in [2.45, 2.75) is 43.0 Å². The number of amides is 1. The van der Waals surface area contributed by atoms with E-state index in [9.17, 15) is 4.79 Å². The lowest BCUT2D eigenvalue weighted by molar-refractivity contribution is 0.0922. The molecule has 0 unspecified atom stereocenters. The van der Waals surface area contributed by atoms with E-state index in [2.05, 4.69) is 10.3 Å². The van der Waals surface area contributed by atoms with Gasteiger partial charge in [0.05, 0.1) is 0 Å². The van der Waals surface area contributed by atoms with Crippen LogP contribution in [0.25, 0.3) is 11.5 Å². The average molecular weight is 316 g/mol. The van der Waals surface area contributed by atoms with E-state index in [4.69, 9.17) is 4.42 Å². The highest BCUT2D eigenvalue weighted by Gasteiger charge is 2.19. The molecule has 1 aromatic carbocycles. The van der Waals surface area contributed by atoms with Gasteiger partial charge in [0, 0.05) is 16.5 Å². The Morgan fingerprint density at radius 2 is 1.95 bits per heavy atom. The number of rotatable bonds is 4. The van der Waals surface area contributed by atoms with E-state index in [1.807, 2.05) is 30.5 Å². The summed E-state index contributed by atoms with van der Waals surface area (Å²) in [6, 6.07) is 8.24. The van der Waals surface area contributed by atoms with Crippen molar-refractivity contribution < 1.29 is 9.21 Å². The third-order valence-corrected chi connectivity index (χ3v) is 4.76. The van der Waals surface area contributed by atoms with Gasteiger partial charge in [0.15, 0.2) is 5.69 Å². The molecule has 2 aromatic rings. The van der Waals surface area contributed by atoms with Crippen LogP contribution >= 0.6 is 11.8 Å². The summed E-state index contributed by atoms with van der Waals surface area (Å²) in [6.07, 6.45) is 9.25. The van der Waals surface area contributed by atoms with Gasteiger partial charge in [0.2, 0.25) is 5.89 Å². The van der Waals surface area contributed by atoms with Crippen LogP contribution in [0.5, 0.6) is 0 Å². The van der Waals surface area contributed by atoms with Crippen LogP contribution < -0.4 is 5.32 Å². The number of carbonyl (C=O) groups excluding carboxylic acids is 1. The lowest BCUT2D eigenvalue weighted by Gasteiger charge is -2.22. The Labute approximate surface area is 134 Å². The summed E-state index contributed by atoms with van der Waals surface area (Å²) in [5, 5.41) is 3.05. The predicted molar refractivity (Wildman–Crippen MR) is 88.1 cm³/mol. The maximum atomic E-state index is 12.2. The van der Waals surface area contributed by atoms with Gasteiger partial charge >= 0.3 is 0 Å². The molecule has 4 nitrogen and oxygen atoms in total. The van der Waals surface area contributed by atoms with Crippen LogP contribution in [0, 0.1) is 0 Å². The lowest BCUT2D eigenvalue weighted by Crippen LogP contribution is -2.36. The predicted octanol–water partition coefficient (Wildman–Crippen LogP) is 4.13. The number of hydrogen-bond donors (Lipinski definition) is 1. The fourth-order valence-corrected chi connectivity index (χ4v) is 3.16. The number of aromatic nitrogens is 1. The standard InChI is InChI=1S/C17H20N2O2S/c1-22-14-9-7-12(8-10-14)17-19-15(11-21-17)16(20)18-13-5-3-2-4-6-13/h7-11,13H,2-6H2,1H3,(H,18,20). The number of nitrogens with zero attached hydrogens (tertiary/aromatic N) is 1. The number of thioether (sulfide) groups is 1. The van der Waals surface area contributed by atoms with Crippen LogP contribution in [-0.4, -0.2) is 23.2 Å². The Kier molecular flexibility index (Phi) is 4.83. The molecule has 1 aliphatic carbocycles. The molecule has 0 saturated heterocycles. The summed E-state index contributed by atoms with van der Waals surface area (Å²) < 4.78 is 5.46. The van der Waals surface area contributed by atoms with Gasteiger partial charge in [-0.15, -0.1) is 11.8 Å². The molecule has 0 bridgehead atoms. The second kappa shape index (κ2) is 7.01. The summed E-state index contributed by atoms with van der Waals surface area (Å²) in [4.78, 5) is 17.7. The Morgan fingerprint density at radius 3 is 2.64 bits per heavy atom. The number of nitrogens with one attached hydrogen (secondary N) is 1. The zero-order chi connectivity index (χ0) is 15.4. The van der Waals surface area contributed by atoms with Crippen LogP contribution in [0.3, 0.4) is 0 Å². The Bertz CT molecular complexity index is 630. The fraction of sp³-hybridized carbons (Fsp3) is 0.412. The van der Waals surface area contributed by atoms with E-state index in [0.717, 1.165) is 18.4 Å². The molecule has 0 aliphatic heterocycles. The Hall–Kier alpha value is -1.75. The highest BCUT2D eigenvalue weighted by atomic mass is 32.2. The third kappa shape index (κ3) is 3.53. The molecule has 22 heavy (non-hydrogen) atoms. The van der Waals surface area contributed by atoms with E-state index in [0.29, 0.717) is 11.6 Å². The number of oxazole rings is 1. The van der Waals surface area contributed by atoms with E-state index in [1.54, 1.807) is 11.8 Å². The van der Waals surface area contributed by atoms with Crippen molar-refractivity contribution in [1.29, 1.82) is 0 Å². The minimum absolute atomic E-state index is 0.136. The first kappa shape index (κ1) is 15.2. The highest BCUT2D eigenvalue weighted by molar-refractivity contribution is 7.98. The van der Waals surface area contributed by atoms with Gasteiger partial charge in [-0.2, -0.15) is 0 Å². The minimum Gasteiger partial charge on any atom is -0.444 e. The first-order valence-corrected chi connectivity index (χ1v) is 8.89. The molecule has 1 aliphatic rings. The molecule has 5 heteroatoms. The molecule has 0 radical (unpaired) electrons. The van der Waals surface area contributed by atoms with Crippen LogP contribution in [0.4, 0.5) is 0 Å². The van der Waals surface area contributed by atoms with E-state index >= 15 is 0 Å². The van der Waals surface area contributed by atoms with Gasteiger partial charge in [-0.25, -0.2) is 4.98 Å². The minimum atomic E-state index is -0.136. The van der Waals surface area contributed by atoms with Gasteiger partial charge < -0.3 is 9.73 Å². The second-order valence-corrected chi connectivity index (χ2v) is 6.45. The summed E-state index contributed by atoms with van der Waals surface area (Å²) in [5.74, 6) is 0.351. The molecule has 1 amide bonds. The fourth-order valence-electron chi connectivity index (χ4n) is 2.75. The molecule has 1 saturated carbocycles. The van der Waals surface area contributed by atoms with Crippen LogP contribution in [0.1, 0.15) is 42.6 Å². The topological polar surface area (TPSA) is 55.1 Å². The van der Waals surface area contributed by atoms with Gasteiger partial charge in [0.25, 0.3) is 5.91 Å². The zero-order valence-electron chi connectivity index (χ0n) is 12.7. The summed E-state index contributed by atoms with van der Waals surface area (Å²) >= 11 is 1.69. The van der Waals surface area contributed by atoms with Gasteiger partial charge in [-0.05, 0) is 43.4 Å². The zero-order valence-corrected chi connectivity index (χ0v) is 13.5. The molecule has 3 rings (SSSR count). The Morgan fingerprint density at radius 1 is 1.23 bits per heavy atom. The van der Waals surface area contributed by atoms with Crippen molar-refractivity contribution in [3.05, 3.63) is 36.2 Å². The SMILES string of the molecule is CSc1ccc(-c2nc(C(=O)NC3CCCCC3)co2)cc1. The largest absolute Gasteiger partial charge is 0.444 e. The first-order chi connectivity index (χ1) is 10.8. The number of hydrogen-bond acceptors (Lipinski definition) is 4. The van der Waals surface area contributed by atoms with E-state index in [1.165, 1.54) is 30.4 Å². The highest BCUT2D eigenvalue weighted by Crippen LogP contribution is 2.23. The summed E-state index contributed by atoms with van der Waals surface area (Å²) in [7, 11) is 0. The average Bonchev–Trinajstić information content (AvgIpc) is 3.06. The van der Waals surface area contributed by atoms with Crippen molar-refractivity contribution in [3.8, 4) is 11.5 Å². The van der Waals surface area contributed by atoms with Crippen molar-refractivity contribution >= 4 is 17.7 Å². The van der Waals surface area contributed by atoms with Crippen LogP contribution in [0.2, 0.25) is 0 Å². The van der Waals surface area contributed by atoms with Crippen molar-refractivity contribution in [1.82, 2.24) is 10.3 Å². The molecule has 0 atom stereocenters. The normalized spacial score (nSPS) is 15.7. The molecular weight excluding hydrogens is 296 g/mol. The van der Waals surface area contributed by atoms with Crippen molar-refractivity contribution in [2.24, 2.45) is 0 Å².